The Kier molecular flexibility index (Phi) is 8.54. The summed E-state index contributed by atoms with van der Waals surface area (Å²) in [5, 5.41) is 5.49. The van der Waals surface area contributed by atoms with Gasteiger partial charge in [-0.2, -0.15) is 0 Å². The standard InChI is InChI=1S/C25H31FN4O3/c1-17(23(31)28-16-19-7-9-21(26)10-8-19)29-24(32)20-11-13-30(14-12-20)25(33)22(27)15-18-5-3-2-4-6-18/h2-10,17,20,22H,11-16,27H2,1H3,(H,28,31)(H,29,32). The van der Waals surface area contributed by atoms with Gasteiger partial charge >= 0.3 is 0 Å². The van der Waals surface area contributed by atoms with Crippen molar-refractivity contribution in [2.75, 3.05) is 13.1 Å². The molecule has 2 unspecified atom stereocenters. The van der Waals surface area contributed by atoms with E-state index in [9.17, 15) is 18.8 Å². The number of hydrogen-bond donors (Lipinski definition) is 3. The molecule has 2 atom stereocenters. The lowest BCUT2D eigenvalue weighted by atomic mass is 9.94. The van der Waals surface area contributed by atoms with Gasteiger partial charge in [0.1, 0.15) is 11.9 Å². The Bertz CT molecular complexity index is 944. The summed E-state index contributed by atoms with van der Waals surface area (Å²) in [6.45, 7) is 2.80. The number of piperidine rings is 1. The Balaban J connectivity index is 1.40. The lowest BCUT2D eigenvalue weighted by Gasteiger charge is -2.33. The van der Waals surface area contributed by atoms with Crippen LogP contribution in [0.2, 0.25) is 0 Å². The molecule has 3 rings (SSSR count). The quantitative estimate of drug-likeness (QED) is 0.565. The third-order valence-electron chi connectivity index (χ3n) is 5.93. The van der Waals surface area contributed by atoms with Gasteiger partial charge < -0.3 is 21.3 Å². The minimum absolute atomic E-state index is 0.105. The maximum absolute atomic E-state index is 13.0. The molecule has 1 fully saturated rings. The third kappa shape index (κ3) is 7.12. The van der Waals surface area contributed by atoms with Crippen LogP contribution in [0.15, 0.2) is 54.6 Å². The molecule has 0 aromatic heterocycles. The van der Waals surface area contributed by atoms with Crippen molar-refractivity contribution in [3.63, 3.8) is 0 Å². The van der Waals surface area contributed by atoms with Gasteiger partial charge in [-0.15, -0.1) is 0 Å². The molecule has 33 heavy (non-hydrogen) atoms. The first-order chi connectivity index (χ1) is 15.8. The number of likely N-dealkylation sites (tertiary alicyclic amines) is 1. The van der Waals surface area contributed by atoms with Crippen molar-refractivity contribution in [3.8, 4) is 0 Å². The van der Waals surface area contributed by atoms with E-state index in [-0.39, 0.29) is 36.0 Å². The Labute approximate surface area is 193 Å². The summed E-state index contributed by atoms with van der Waals surface area (Å²) in [6, 6.07) is 14.2. The van der Waals surface area contributed by atoms with Crippen molar-refractivity contribution in [1.29, 1.82) is 0 Å². The number of nitrogens with zero attached hydrogens (tertiary/aromatic N) is 1. The van der Waals surface area contributed by atoms with Crippen LogP contribution in [0.5, 0.6) is 0 Å². The highest BCUT2D eigenvalue weighted by Crippen LogP contribution is 2.19. The van der Waals surface area contributed by atoms with E-state index in [1.165, 1.54) is 12.1 Å². The molecule has 7 nitrogen and oxygen atoms in total. The van der Waals surface area contributed by atoms with Gasteiger partial charge in [-0.1, -0.05) is 42.5 Å². The van der Waals surface area contributed by atoms with Crippen LogP contribution >= 0.6 is 0 Å². The molecule has 4 N–H and O–H groups in total. The zero-order chi connectivity index (χ0) is 23.8. The normalized spacial score (nSPS) is 16.0. The van der Waals surface area contributed by atoms with E-state index in [4.69, 9.17) is 5.73 Å². The number of nitrogens with two attached hydrogens (primary N) is 1. The van der Waals surface area contributed by atoms with Gasteiger partial charge in [0.2, 0.25) is 17.7 Å². The molecule has 0 bridgehead atoms. The number of halogens is 1. The molecule has 1 saturated heterocycles. The minimum Gasteiger partial charge on any atom is -0.350 e. The van der Waals surface area contributed by atoms with Crippen LogP contribution in [0.1, 0.15) is 30.9 Å². The number of hydrogen-bond acceptors (Lipinski definition) is 4. The zero-order valence-corrected chi connectivity index (χ0v) is 18.8. The fourth-order valence-corrected chi connectivity index (χ4v) is 3.89. The van der Waals surface area contributed by atoms with E-state index in [1.54, 1.807) is 24.0 Å². The molecule has 0 radical (unpaired) electrons. The van der Waals surface area contributed by atoms with Gasteiger partial charge in [0, 0.05) is 25.6 Å². The van der Waals surface area contributed by atoms with E-state index in [0.717, 1.165) is 11.1 Å². The van der Waals surface area contributed by atoms with Crippen LogP contribution in [-0.2, 0) is 27.3 Å². The van der Waals surface area contributed by atoms with Gasteiger partial charge in [-0.3, -0.25) is 14.4 Å². The fourth-order valence-electron chi connectivity index (χ4n) is 3.89. The monoisotopic (exact) mass is 454 g/mol. The van der Waals surface area contributed by atoms with Crippen molar-refractivity contribution in [2.45, 2.75) is 44.8 Å². The summed E-state index contributed by atoms with van der Waals surface area (Å²) < 4.78 is 13.0. The number of nitrogens with one attached hydrogen (secondary N) is 2. The Morgan fingerprint density at radius 3 is 2.30 bits per heavy atom. The summed E-state index contributed by atoms with van der Waals surface area (Å²) in [6.07, 6.45) is 1.53. The lowest BCUT2D eigenvalue weighted by Crippen LogP contribution is -2.51. The number of amides is 3. The SMILES string of the molecule is CC(NC(=O)C1CCN(C(=O)C(N)Cc2ccccc2)CC1)C(=O)NCc1ccc(F)cc1. The van der Waals surface area contributed by atoms with Crippen LogP contribution in [0.25, 0.3) is 0 Å². The maximum Gasteiger partial charge on any atom is 0.242 e. The van der Waals surface area contributed by atoms with Crippen LogP contribution < -0.4 is 16.4 Å². The van der Waals surface area contributed by atoms with Crippen molar-refractivity contribution < 1.29 is 18.8 Å². The highest BCUT2D eigenvalue weighted by molar-refractivity contribution is 5.88. The molecule has 176 valence electrons. The largest absolute Gasteiger partial charge is 0.350 e. The van der Waals surface area contributed by atoms with Crippen LogP contribution in [0.3, 0.4) is 0 Å². The summed E-state index contributed by atoms with van der Waals surface area (Å²) in [5.74, 6) is -1.21. The van der Waals surface area contributed by atoms with E-state index in [2.05, 4.69) is 10.6 Å². The summed E-state index contributed by atoms with van der Waals surface area (Å²) in [7, 11) is 0. The predicted molar refractivity (Wildman–Crippen MR) is 123 cm³/mol. The lowest BCUT2D eigenvalue weighted by molar-refractivity contribution is -0.137. The highest BCUT2D eigenvalue weighted by atomic mass is 19.1. The average Bonchev–Trinajstić information content (AvgIpc) is 2.83. The average molecular weight is 455 g/mol. The Morgan fingerprint density at radius 1 is 1.03 bits per heavy atom. The molecule has 2 aromatic carbocycles. The number of rotatable bonds is 8. The van der Waals surface area contributed by atoms with Gasteiger partial charge in [0.05, 0.1) is 6.04 Å². The molecule has 0 aliphatic carbocycles. The van der Waals surface area contributed by atoms with Crippen molar-refractivity contribution in [1.82, 2.24) is 15.5 Å². The van der Waals surface area contributed by atoms with Crippen molar-refractivity contribution in [2.24, 2.45) is 11.7 Å². The number of carbonyl (C=O) groups is 3. The van der Waals surface area contributed by atoms with Crippen LogP contribution in [-0.4, -0.2) is 47.8 Å². The van der Waals surface area contributed by atoms with Gasteiger partial charge in [-0.05, 0) is 49.4 Å². The van der Waals surface area contributed by atoms with Crippen LogP contribution in [0.4, 0.5) is 4.39 Å². The second-order valence-corrected chi connectivity index (χ2v) is 8.47. The Hall–Kier alpha value is -3.26. The first-order valence-corrected chi connectivity index (χ1v) is 11.2. The molecular formula is C25H31FN4O3. The molecule has 2 aromatic rings. The van der Waals surface area contributed by atoms with E-state index in [0.29, 0.717) is 32.4 Å². The smallest absolute Gasteiger partial charge is 0.242 e. The molecule has 0 saturated carbocycles. The molecular weight excluding hydrogens is 423 g/mol. The first-order valence-electron chi connectivity index (χ1n) is 11.2. The fraction of sp³-hybridized carbons (Fsp3) is 0.400. The zero-order valence-electron chi connectivity index (χ0n) is 18.8. The third-order valence-corrected chi connectivity index (χ3v) is 5.93. The van der Waals surface area contributed by atoms with E-state index < -0.39 is 12.1 Å². The van der Waals surface area contributed by atoms with Crippen LogP contribution in [0, 0.1) is 11.7 Å². The Morgan fingerprint density at radius 2 is 1.67 bits per heavy atom. The molecule has 8 heteroatoms. The van der Waals surface area contributed by atoms with E-state index in [1.807, 2.05) is 30.3 Å². The minimum atomic E-state index is -0.697. The summed E-state index contributed by atoms with van der Waals surface area (Å²) >= 11 is 0. The van der Waals surface area contributed by atoms with Crippen molar-refractivity contribution >= 4 is 17.7 Å². The molecule has 1 aliphatic heterocycles. The topological polar surface area (TPSA) is 105 Å². The maximum atomic E-state index is 13.0. The molecule has 1 aliphatic rings. The second-order valence-electron chi connectivity index (χ2n) is 8.47. The summed E-state index contributed by atoms with van der Waals surface area (Å²) in [4.78, 5) is 39.3. The molecule has 3 amide bonds. The number of carbonyl (C=O) groups excluding carboxylic acids is 3. The second kappa shape index (κ2) is 11.6. The highest BCUT2D eigenvalue weighted by Gasteiger charge is 2.30. The molecule has 1 heterocycles. The van der Waals surface area contributed by atoms with Gasteiger partial charge in [0.15, 0.2) is 0 Å². The summed E-state index contributed by atoms with van der Waals surface area (Å²) in [5.41, 5.74) is 7.90. The predicted octanol–water partition coefficient (Wildman–Crippen LogP) is 1.76. The van der Waals surface area contributed by atoms with Gasteiger partial charge in [-0.25, -0.2) is 4.39 Å². The van der Waals surface area contributed by atoms with E-state index >= 15 is 0 Å². The van der Waals surface area contributed by atoms with Crippen molar-refractivity contribution in [3.05, 3.63) is 71.5 Å². The first kappa shape index (κ1) is 24.4. The number of benzene rings is 2. The van der Waals surface area contributed by atoms with Gasteiger partial charge in [0.25, 0.3) is 0 Å². The molecule has 0 spiro atoms.